The fourth-order valence-electron chi connectivity index (χ4n) is 3.67. The maximum atomic E-state index is 13.6. The summed E-state index contributed by atoms with van der Waals surface area (Å²) in [6, 6.07) is 8.72. The van der Waals surface area contributed by atoms with Crippen molar-refractivity contribution in [1.82, 2.24) is 24.8 Å². The Morgan fingerprint density at radius 2 is 2.04 bits per heavy atom. The van der Waals surface area contributed by atoms with Gasteiger partial charge in [-0.3, -0.25) is 9.88 Å². The molecule has 0 saturated carbocycles. The van der Waals surface area contributed by atoms with Crippen LogP contribution in [0.5, 0.6) is 0 Å². The molecule has 0 radical (unpaired) electrons. The Kier molecular flexibility index (Phi) is 3.90. The molecule has 1 aliphatic rings. The van der Waals surface area contributed by atoms with Crippen LogP contribution in [0.2, 0.25) is 0 Å². The van der Waals surface area contributed by atoms with E-state index in [0.29, 0.717) is 0 Å². The van der Waals surface area contributed by atoms with Crippen LogP contribution in [-0.4, -0.2) is 31.4 Å². The minimum atomic E-state index is -0.204. The van der Waals surface area contributed by atoms with Gasteiger partial charge >= 0.3 is 0 Å². The molecule has 27 heavy (non-hydrogen) atoms. The van der Waals surface area contributed by atoms with Crippen molar-refractivity contribution in [2.45, 2.75) is 19.5 Å². The summed E-state index contributed by atoms with van der Waals surface area (Å²) in [5, 5.41) is 0.949. The molecule has 5 nitrogen and oxygen atoms in total. The molecule has 6 heteroatoms. The Balaban J connectivity index is 1.37. The van der Waals surface area contributed by atoms with E-state index in [2.05, 4.69) is 19.9 Å². The molecule has 0 unspecified atom stereocenters. The molecular formula is C21H18FN5. The van der Waals surface area contributed by atoms with Crippen molar-refractivity contribution in [3.8, 4) is 11.4 Å². The average molecular weight is 359 g/mol. The quantitative estimate of drug-likeness (QED) is 0.606. The number of fused-ring (bicyclic) bond motifs is 2. The number of H-pyrrole nitrogens is 1. The Morgan fingerprint density at radius 1 is 1.15 bits per heavy atom. The second kappa shape index (κ2) is 6.55. The summed E-state index contributed by atoms with van der Waals surface area (Å²) in [7, 11) is 0. The Bertz CT molecular complexity index is 1110. The number of hydrogen-bond donors (Lipinski definition) is 1. The first-order chi connectivity index (χ1) is 13.3. The van der Waals surface area contributed by atoms with Crippen LogP contribution < -0.4 is 0 Å². The lowest BCUT2D eigenvalue weighted by Gasteiger charge is -2.27. The highest BCUT2D eigenvalue weighted by molar-refractivity contribution is 5.83. The van der Waals surface area contributed by atoms with Crippen LogP contribution >= 0.6 is 0 Å². The van der Waals surface area contributed by atoms with Crippen LogP contribution in [0.3, 0.4) is 0 Å². The van der Waals surface area contributed by atoms with E-state index in [4.69, 9.17) is 4.98 Å². The molecule has 4 heterocycles. The molecule has 0 spiro atoms. The van der Waals surface area contributed by atoms with Gasteiger partial charge in [-0.2, -0.15) is 0 Å². The van der Waals surface area contributed by atoms with Gasteiger partial charge < -0.3 is 4.98 Å². The van der Waals surface area contributed by atoms with Gasteiger partial charge in [0.25, 0.3) is 0 Å². The van der Waals surface area contributed by atoms with E-state index in [1.807, 2.05) is 24.5 Å². The highest BCUT2D eigenvalue weighted by atomic mass is 19.1. The summed E-state index contributed by atoms with van der Waals surface area (Å²) >= 11 is 0. The van der Waals surface area contributed by atoms with Crippen LogP contribution in [0, 0.1) is 5.82 Å². The molecule has 0 aliphatic carbocycles. The Labute approximate surface area is 155 Å². The lowest BCUT2D eigenvalue weighted by molar-refractivity contribution is 0.244. The second-order valence-corrected chi connectivity index (χ2v) is 6.87. The third-order valence-corrected chi connectivity index (χ3v) is 5.07. The van der Waals surface area contributed by atoms with E-state index in [0.717, 1.165) is 65.2 Å². The zero-order valence-electron chi connectivity index (χ0n) is 14.7. The van der Waals surface area contributed by atoms with Gasteiger partial charge in [-0.25, -0.2) is 14.4 Å². The van der Waals surface area contributed by atoms with Crippen molar-refractivity contribution in [2.24, 2.45) is 0 Å². The molecule has 0 fully saturated rings. The molecule has 0 saturated heterocycles. The maximum Gasteiger partial charge on any atom is 0.159 e. The topological polar surface area (TPSA) is 57.7 Å². The second-order valence-electron chi connectivity index (χ2n) is 6.87. The van der Waals surface area contributed by atoms with Gasteiger partial charge in [0.15, 0.2) is 5.82 Å². The van der Waals surface area contributed by atoms with Crippen molar-refractivity contribution in [2.75, 3.05) is 6.54 Å². The molecule has 3 aromatic heterocycles. The SMILES string of the molecule is Fc1ccc2[nH]cc(CN3CCc4nc(-c5ccncc5)ncc4C3)c2c1. The molecule has 0 atom stereocenters. The number of aromatic amines is 1. The number of rotatable bonds is 3. The summed E-state index contributed by atoms with van der Waals surface area (Å²) in [6.07, 6.45) is 8.29. The summed E-state index contributed by atoms with van der Waals surface area (Å²) in [5.41, 5.74) is 5.33. The van der Waals surface area contributed by atoms with Crippen LogP contribution in [0.25, 0.3) is 22.3 Å². The first-order valence-electron chi connectivity index (χ1n) is 8.99. The highest BCUT2D eigenvalue weighted by Crippen LogP contribution is 2.25. The first kappa shape index (κ1) is 16.1. The summed E-state index contributed by atoms with van der Waals surface area (Å²) in [6.45, 7) is 2.49. The van der Waals surface area contributed by atoms with Crippen molar-refractivity contribution in [1.29, 1.82) is 0 Å². The lowest BCUT2D eigenvalue weighted by Crippen LogP contribution is -2.30. The summed E-state index contributed by atoms with van der Waals surface area (Å²) in [4.78, 5) is 18.9. The molecule has 1 N–H and O–H groups in total. The van der Waals surface area contributed by atoms with Crippen molar-refractivity contribution < 1.29 is 4.39 Å². The fourth-order valence-corrected chi connectivity index (χ4v) is 3.67. The number of aromatic nitrogens is 4. The minimum Gasteiger partial charge on any atom is -0.361 e. The Hall–Kier alpha value is -3.12. The van der Waals surface area contributed by atoms with Gasteiger partial charge in [-0.05, 0) is 35.9 Å². The summed E-state index contributed by atoms with van der Waals surface area (Å²) in [5.74, 6) is 0.543. The number of nitrogens with one attached hydrogen (secondary N) is 1. The van der Waals surface area contributed by atoms with Gasteiger partial charge in [-0.15, -0.1) is 0 Å². The minimum absolute atomic E-state index is 0.204. The zero-order chi connectivity index (χ0) is 18.2. The third-order valence-electron chi connectivity index (χ3n) is 5.07. The van der Waals surface area contributed by atoms with E-state index in [1.54, 1.807) is 24.5 Å². The Morgan fingerprint density at radius 3 is 2.93 bits per heavy atom. The van der Waals surface area contributed by atoms with E-state index in [9.17, 15) is 4.39 Å². The molecule has 5 rings (SSSR count). The third kappa shape index (κ3) is 3.08. The molecule has 0 amide bonds. The van der Waals surface area contributed by atoms with Crippen molar-refractivity contribution in [3.63, 3.8) is 0 Å². The van der Waals surface area contributed by atoms with Gasteiger partial charge in [0.2, 0.25) is 0 Å². The van der Waals surface area contributed by atoms with Crippen LogP contribution in [0.4, 0.5) is 4.39 Å². The number of halogens is 1. The normalized spacial score (nSPS) is 14.4. The van der Waals surface area contributed by atoms with Crippen LogP contribution in [-0.2, 0) is 19.5 Å². The van der Waals surface area contributed by atoms with Crippen molar-refractivity contribution >= 4 is 10.9 Å². The predicted molar refractivity (Wildman–Crippen MR) is 101 cm³/mol. The van der Waals surface area contributed by atoms with Crippen LogP contribution in [0.1, 0.15) is 16.8 Å². The number of hydrogen-bond acceptors (Lipinski definition) is 4. The largest absolute Gasteiger partial charge is 0.361 e. The smallest absolute Gasteiger partial charge is 0.159 e. The molecule has 1 aromatic carbocycles. The van der Waals surface area contributed by atoms with Crippen molar-refractivity contribution in [3.05, 3.63) is 77.8 Å². The van der Waals surface area contributed by atoms with Gasteiger partial charge in [0, 0.05) is 72.9 Å². The van der Waals surface area contributed by atoms with E-state index < -0.39 is 0 Å². The standard InChI is InChI=1S/C21H18FN5/c22-17-1-2-20-18(9-17)15(10-24-20)12-27-8-5-19-16(13-27)11-25-21(26-19)14-3-6-23-7-4-14/h1-4,6-7,9-11,24H,5,8,12-13H2. The van der Waals surface area contributed by atoms with Gasteiger partial charge in [-0.1, -0.05) is 0 Å². The maximum absolute atomic E-state index is 13.6. The molecule has 134 valence electrons. The van der Waals surface area contributed by atoms with E-state index >= 15 is 0 Å². The fraction of sp³-hybridized carbons (Fsp3) is 0.190. The average Bonchev–Trinajstić information content (AvgIpc) is 3.10. The van der Waals surface area contributed by atoms with Gasteiger partial charge in [0.05, 0.1) is 5.69 Å². The monoisotopic (exact) mass is 359 g/mol. The van der Waals surface area contributed by atoms with E-state index in [-0.39, 0.29) is 5.82 Å². The van der Waals surface area contributed by atoms with Gasteiger partial charge in [0.1, 0.15) is 5.82 Å². The molecule has 1 aliphatic heterocycles. The zero-order valence-corrected chi connectivity index (χ0v) is 14.7. The molecular weight excluding hydrogens is 341 g/mol. The van der Waals surface area contributed by atoms with E-state index in [1.165, 1.54) is 6.07 Å². The molecule has 4 aromatic rings. The highest BCUT2D eigenvalue weighted by Gasteiger charge is 2.20. The number of benzene rings is 1. The van der Waals surface area contributed by atoms with Crippen LogP contribution in [0.15, 0.2) is 55.1 Å². The predicted octanol–water partition coefficient (Wildman–Crippen LogP) is 3.72. The lowest BCUT2D eigenvalue weighted by atomic mass is 10.1. The summed E-state index contributed by atoms with van der Waals surface area (Å²) < 4.78 is 13.6. The number of pyridine rings is 1. The first-order valence-corrected chi connectivity index (χ1v) is 8.99. The molecule has 0 bridgehead atoms. The number of nitrogens with zero attached hydrogens (tertiary/aromatic N) is 4.